The summed E-state index contributed by atoms with van der Waals surface area (Å²) in [6.45, 7) is 6.74. The van der Waals surface area contributed by atoms with Crippen LogP contribution in [0.3, 0.4) is 0 Å². The molecule has 2 heterocycles. The minimum atomic E-state index is -0.0584. The number of benzene rings is 1. The Hall–Kier alpha value is -2.38. The molecule has 1 aromatic heterocycles. The highest BCUT2D eigenvalue weighted by Crippen LogP contribution is 2.14. The molecule has 1 aromatic carbocycles. The second-order valence-electron chi connectivity index (χ2n) is 6.27. The van der Waals surface area contributed by atoms with Gasteiger partial charge in [-0.3, -0.25) is 14.6 Å². The van der Waals surface area contributed by atoms with Gasteiger partial charge in [-0.1, -0.05) is 17.3 Å². The molecule has 1 N–H and O–H groups in total. The lowest BCUT2D eigenvalue weighted by Gasteiger charge is -2.34. The van der Waals surface area contributed by atoms with E-state index in [0.717, 1.165) is 38.5 Å². The highest BCUT2D eigenvalue weighted by molar-refractivity contribution is 5.91. The van der Waals surface area contributed by atoms with E-state index in [1.54, 1.807) is 20.1 Å². The first kappa shape index (κ1) is 17.4. The Labute approximate surface area is 147 Å². The summed E-state index contributed by atoms with van der Waals surface area (Å²) in [5.41, 5.74) is 1.27. The maximum atomic E-state index is 12.1. The Morgan fingerprint density at radius 3 is 2.48 bits per heavy atom. The quantitative estimate of drug-likeness (QED) is 0.861. The van der Waals surface area contributed by atoms with Gasteiger partial charge in [-0.2, -0.15) is 0 Å². The van der Waals surface area contributed by atoms with Gasteiger partial charge in [0.05, 0.1) is 13.7 Å². The van der Waals surface area contributed by atoms with Crippen LogP contribution in [0.1, 0.15) is 11.3 Å². The maximum absolute atomic E-state index is 12.1. The summed E-state index contributed by atoms with van der Waals surface area (Å²) in [6, 6.07) is 9.88. The van der Waals surface area contributed by atoms with E-state index < -0.39 is 0 Å². The standard InChI is InChI=1S/C18H24N4O3/c1-14-11-17(20-25-14)19-18(23)13-22-9-7-21(8-10-22)12-15-3-5-16(24-2)6-4-15/h3-6,11H,7-10,12-13H2,1-2H3,(H,19,20,23). The lowest BCUT2D eigenvalue weighted by atomic mass is 10.2. The number of anilines is 1. The molecule has 0 unspecified atom stereocenters. The maximum Gasteiger partial charge on any atom is 0.239 e. The topological polar surface area (TPSA) is 70.8 Å². The Bertz CT molecular complexity index is 691. The molecular formula is C18H24N4O3. The number of methoxy groups -OCH3 is 1. The molecular weight excluding hydrogens is 320 g/mol. The summed E-state index contributed by atoms with van der Waals surface area (Å²) in [7, 11) is 1.67. The first-order valence-corrected chi connectivity index (χ1v) is 8.43. The third-order valence-electron chi connectivity index (χ3n) is 4.29. The SMILES string of the molecule is COc1ccc(CN2CCN(CC(=O)Nc3cc(C)on3)CC2)cc1. The Morgan fingerprint density at radius 1 is 1.20 bits per heavy atom. The van der Waals surface area contributed by atoms with Crippen molar-refractivity contribution < 1.29 is 14.1 Å². The van der Waals surface area contributed by atoms with Gasteiger partial charge < -0.3 is 14.6 Å². The molecule has 0 bridgehead atoms. The van der Waals surface area contributed by atoms with Crippen molar-refractivity contribution >= 4 is 11.7 Å². The van der Waals surface area contributed by atoms with E-state index in [-0.39, 0.29) is 5.91 Å². The summed E-state index contributed by atoms with van der Waals surface area (Å²) in [6.07, 6.45) is 0. The number of aromatic nitrogens is 1. The van der Waals surface area contributed by atoms with Crippen molar-refractivity contribution in [1.82, 2.24) is 15.0 Å². The third kappa shape index (κ3) is 5.04. The molecule has 0 atom stereocenters. The van der Waals surface area contributed by atoms with E-state index >= 15 is 0 Å². The van der Waals surface area contributed by atoms with Crippen LogP contribution < -0.4 is 10.1 Å². The smallest absolute Gasteiger partial charge is 0.239 e. The van der Waals surface area contributed by atoms with E-state index in [4.69, 9.17) is 9.26 Å². The number of ether oxygens (including phenoxy) is 1. The summed E-state index contributed by atoms with van der Waals surface area (Å²) < 4.78 is 10.1. The molecule has 1 fully saturated rings. The van der Waals surface area contributed by atoms with Gasteiger partial charge in [0.25, 0.3) is 0 Å². The average Bonchev–Trinajstić information content (AvgIpc) is 3.02. The van der Waals surface area contributed by atoms with Gasteiger partial charge in [-0.15, -0.1) is 0 Å². The van der Waals surface area contributed by atoms with Crippen LogP contribution in [0.2, 0.25) is 0 Å². The number of amides is 1. The lowest BCUT2D eigenvalue weighted by Crippen LogP contribution is -2.48. The van der Waals surface area contributed by atoms with Crippen LogP contribution in [0.5, 0.6) is 5.75 Å². The zero-order chi connectivity index (χ0) is 17.6. The van der Waals surface area contributed by atoms with Crippen LogP contribution in [0.4, 0.5) is 5.82 Å². The highest BCUT2D eigenvalue weighted by atomic mass is 16.5. The first-order valence-electron chi connectivity index (χ1n) is 8.43. The second-order valence-corrected chi connectivity index (χ2v) is 6.27. The second kappa shape index (κ2) is 8.13. The molecule has 1 aliphatic rings. The van der Waals surface area contributed by atoms with E-state index in [1.807, 2.05) is 12.1 Å². The van der Waals surface area contributed by atoms with Crippen LogP contribution in [0.15, 0.2) is 34.9 Å². The summed E-state index contributed by atoms with van der Waals surface area (Å²) in [5, 5.41) is 6.54. The van der Waals surface area contributed by atoms with Gasteiger partial charge in [0, 0.05) is 38.8 Å². The molecule has 0 radical (unpaired) electrons. The Kier molecular flexibility index (Phi) is 5.67. The van der Waals surface area contributed by atoms with Gasteiger partial charge in [0.2, 0.25) is 5.91 Å². The number of nitrogens with one attached hydrogen (secondary N) is 1. The highest BCUT2D eigenvalue weighted by Gasteiger charge is 2.19. The van der Waals surface area contributed by atoms with E-state index in [0.29, 0.717) is 18.1 Å². The van der Waals surface area contributed by atoms with Crippen LogP contribution in [0.25, 0.3) is 0 Å². The number of piperazine rings is 1. The molecule has 25 heavy (non-hydrogen) atoms. The Morgan fingerprint density at radius 2 is 1.88 bits per heavy atom. The molecule has 7 heteroatoms. The number of carbonyl (C=O) groups is 1. The lowest BCUT2D eigenvalue weighted by molar-refractivity contribution is -0.117. The monoisotopic (exact) mass is 344 g/mol. The number of nitrogens with zero attached hydrogens (tertiary/aromatic N) is 3. The largest absolute Gasteiger partial charge is 0.497 e. The van der Waals surface area contributed by atoms with Crippen molar-refractivity contribution in [1.29, 1.82) is 0 Å². The molecule has 0 aliphatic carbocycles. The minimum absolute atomic E-state index is 0.0584. The van der Waals surface area contributed by atoms with Crippen LogP contribution >= 0.6 is 0 Å². The number of hydrogen-bond donors (Lipinski definition) is 1. The minimum Gasteiger partial charge on any atom is -0.497 e. The Balaban J connectivity index is 1.41. The van der Waals surface area contributed by atoms with Gasteiger partial charge in [-0.05, 0) is 24.6 Å². The zero-order valence-corrected chi connectivity index (χ0v) is 14.7. The van der Waals surface area contributed by atoms with Crippen LogP contribution in [-0.2, 0) is 11.3 Å². The summed E-state index contributed by atoms with van der Waals surface area (Å²) >= 11 is 0. The molecule has 0 spiro atoms. The molecule has 1 saturated heterocycles. The first-order chi connectivity index (χ1) is 12.1. The van der Waals surface area contributed by atoms with Crippen LogP contribution in [0, 0.1) is 6.92 Å². The van der Waals surface area contributed by atoms with E-state index in [9.17, 15) is 4.79 Å². The normalized spacial score (nSPS) is 15.9. The molecule has 1 aliphatic heterocycles. The van der Waals surface area contributed by atoms with Gasteiger partial charge in [0.15, 0.2) is 5.82 Å². The van der Waals surface area contributed by atoms with Crippen molar-refractivity contribution in [3.8, 4) is 5.75 Å². The van der Waals surface area contributed by atoms with Crippen molar-refractivity contribution in [2.75, 3.05) is 45.2 Å². The summed E-state index contributed by atoms with van der Waals surface area (Å²) in [5.74, 6) is 1.97. The third-order valence-corrected chi connectivity index (χ3v) is 4.29. The van der Waals surface area contributed by atoms with Crippen LogP contribution in [-0.4, -0.2) is 60.7 Å². The van der Waals surface area contributed by atoms with E-state index in [1.165, 1.54) is 5.56 Å². The van der Waals surface area contributed by atoms with Gasteiger partial charge in [0.1, 0.15) is 11.5 Å². The van der Waals surface area contributed by atoms with Gasteiger partial charge in [-0.25, -0.2) is 0 Å². The van der Waals surface area contributed by atoms with Crippen molar-refractivity contribution in [3.63, 3.8) is 0 Å². The fourth-order valence-corrected chi connectivity index (χ4v) is 2.91. The molecule has 1 amide bonds. The molecule has 134 valence electrons. The predicted octanol–water partition coefficient (Wildman–Crippen LogP) is 1.75. The predicted molar refractivity (Wildman–Crippen MR) is 94.6 cm³/mol. The number of hydrogen-bond acceptors (Lipinski definition) is 6. The average molecular weight is 344 g/mol. The van der Waals surface area contributed by atoms with Crippen molar-refractivity contribution in [2.45, 2.75) is 13.5 Å². The molecule has 0 saturated carbocycles. The number of aryl methyl sites for hydroxylation is 1. The molecule has 7 nitrogen and oxygen atoms in total. The fourth-order valence-electron chi connectivity index (χ4n) is 2.91. The van der Waals surface area contributed by atoms with Crippen molar-refractivity contribution in [3.05, 3.63) is 41.7 Å². The number of carbonyl (C=O) groups excluding carboxylic acids is 1. The zero-order valence-electron chi connectivity index (χ0n) is 14.7. The van der Waals surface area contributed by atoms with E-state index in [2.05, 4.69) is 32.4 Å². The molecule has 3 rings (SSSR count). The fraction of sp³-hybridized carbons (Fsp3) is 0.444. The molecule has 2 aromatic rings. The van der Waals surface area contributed by atoms with Crippen molar-refractivity contribution in [2.24, 2.45) is 0 Å². The van der Waals surface area contributed by atoms with Gasteiger partial charge >= 0.3 is 0 Å². The number of rotatable bonds is 6. The summed E-state index contributed by atoms with van der Waals surface area (Å²) in [4.78, 5) is 16.6.